The maximum absolute atomic E-state index is 12.5. The normalized spacial score (nSPS) is 10.9. The van der Waals surface area contributed by atoms with Gasteiger partial charge in [-0.2, -0.15) is 0 Å². The zero-order valence-corrected chi connectivity index (χ0v) is 14.1. The Labute approximate surface area is 135 Å². The molecule has 0 fully saturated rings. The Morgan fingerprint density at radius 3 is 2.68 bits per heavy atom. The molecule has 0 aliphatic heterocycles. The Morgan fingerprint density at radius 2 is 2.05 bits per heavy atom. The fourth-order valence-electron chi connectivity index (χ4n) is 2.23. The highest BCUT2D eigenvalue weighted by Gasteiger charge is 2.17. The van der Waals surface area contributed by atoms with Gasteiger partial charge in [0.05, 0.1) is 0 Å². The van der Waals surface area contributed by atoms with Gasteiger partial charge >= 0.3 is 0 Å². The van der Waals surface area contributed by atoms with Crippen LogP contribution in [0, 0.1) is 0 Å². The molecule has 0 unspecified atom stereocenters. The molecular weight excluding hydrogens is 296 g/mol. The average Bonchev–Trinajstić information content (AvgIpc) is 3.03. The summed E-state index contributed by atoms with van der Waals surface area (Å²) in [5, 5.41) is 7.51. The number of thioether (sulfide) groups is 1. The van der Waals surface area contributed by atoms with E-state index in [4.69, 9.17) is 0 Å². The first-order valence-electron chi connectivity index (χ1n) is 7.35. The van der Waals surface area contributed by atoms with Gasteiger partial charge in [0.2, 0.25) is 5.91 Å². The average molecular weight is 318 g/mol. The van der Waals surface area contributed by atoms with Crippen LogP contribution in [0.15, 0.2) is 41.8 Å². The van der Waals surface area contributed by atoms with Gasteiger partial charge in [-0.15, -0.1) is 22.0 Å². The molecule has 2 rings (SSSR count). The summed E-state index contributed by atoms with van der Waals surface area (Å²) in [5.41, 5.74) is 1.16. The van der Waals surface area contributed by atoms with E-state index >= 15 is 0 Å². The zero-order chi connectivity index (χ0) is 15.9. The number of amides is 1. The number of aromatic nitrogens is 3. The number of hydrogen-bond donors (Lipinski definition) is 0. The van der Waals surface area contributed by atoms with Crippen molar-refractivity contribution in [2.45, 2.75) is 44.3 Å². The highest BCUT2D eigenvalue weighted by atomic mass is 32.2. The lowest BCUT2D eigenvalue weighted by Crippen LogP contribution is -2.36. The Kier molecular flexibility index (Phi) is 6.00. The lowest BCUT2D eigenvalue weighted by atomic mass is 10.1. The molecule has 1 aromatic heterocycles. The molecule has 22 heavy (non-hydrogen) atoms. The Bertz CT molecular complexity index is 598. The second kappa shape index (κ2) is 7.98. The van der Waals surface area contributed by atoms with Crippen LogP contribution in [0.25, 0.3) is 0 Å². The summed E-state index contributed by atoms with van der Waals surface area (Å²) in [7, 11) is 0. The largest absolute Gasteiger partial charge is 0.336 e. The summed E-state index contributed by atoms with van der Waals surface area (Å²) in [6.07, 6.45) is 5.78. The lowest BCUT2D eigenvalue weighted by molar-refractivity contribution is -0.133. The van der Waals surface area contributed by atoms with Crippen molar-refractivity contribution in [2.24, 2.45) is 0 Å². The smallest absolute Gasteiger partial charge is 0.224 e. The number of rotatable bonds is 7. The summed E-state index contributed by atoms with van der Waals surface area (Å²) in [5.74, 6) is 0.151. The zero-order valence-electron chi connectivity index (χ0n) is 13.3. The fraction of sp³-hybridized carbons (Fsp3) is 0.438. The molecule has 1 amide bonds. The minimum Gasteiger partial charge on any atom is -0.336 e. The molecule has 6 heteroatoms. The van der Waals surface area contributed by atoms with E-state index < -0.39 is 0 Å². The highest BCUT2D eigenvalue weighted by molar-refractivity contribution is 7.98. The molecule has 0 bridgehead atoms. The van der Waals surface area contributed by atoms with E-state index in [0.717, 1.165) is 5.56 Å². The SMILES string of the molecule is CSc1cccc(CN(C(=O)CCn2cnnc2)C(C)C)c1. The Balaban J connectivity index is 2.00. The number of hydrogen-bond acceptors (Lipinski definition) is 4. The molecule has 5 nitrogen and oxygen atoms in total. The molecule has 118 valence electrons. The van der Waals surface area contributed by atoms with Crippen molar-refractivity contribution in [2.75, 3.05) is 6.26 Å². The van der Waals surface area contributed by atoms with Gasteiger partial charge in [0, 0.05) is 30.4 Å². The van der Waals surface area contributed by atoms with Gasteiger partial charge in [-0.1, -0.05) is 12.1 Å². The van der Waals surface area contributed by atoms with Gasteiger partial charge in [0.15, 0.2) is 0 Å². The van der Waals surface area contributed by atoms with Gasteiger partial charge in [0.25, 0.3) is 0 Å². The van der Waals surface area contributed by atoms with Crippen molar-refractivity contribution in [3.8, 4) is 0 Å². The molecule has 0 spiro atoms. The van der Waals surface area contributed by atoms with Crippen LogP contribution in [0.2, 0.25) is 0 Å². The molecule has 0 N–H and O–H groups in total. The van der Waals surface area contributed by atoms with E-state index in [1.54, 1.807) is 24.4 Å². The molecule has 2 aromatic rings. The van der Waals surface area contributed by atoms with Gasteiger partial charge in [-0.25, -0.2) is 0 Å². The van der Waals surface area contributed by atoms with E-state index in [9.17, 15) is 4.79 Å². The van der Waals surface area contributed by atoms with Crippen molar-refractivity contribution < 1.29 is 4.79 Å². The second-order valence-electron chi connectivity index (χ2n) is 5.42. The number of nitrogens with zero attached hydrogens (tertiary/aromatic N) is 4. The first kappa shape index (κ1) is 16.5. The fourth-order valence-corrected chi connectivity index (χ4v) is 2.72. The third-order valence-electron chi connectivity index (χ3n) is 3.48. The minimum absolute atomic E-state index is 0.151. The second-order valence-corrected chi connectivity index (χ2v) is 6.30. The summed E-state index contributed by atoms with van der Waals surface area (Å²) in [6, 6.07) is 8.52. The molecule has 0 atom stereocenters. The predicted octanol–water partition coefficient (Wildman–Crippen LogP) is 2.83. The van der Waals surface area contributed by atoms with Crippen LogP contribution < -0.4 is 0 Å². The molecule has 1 aromatic carbocycles. The van der Waals surface area contributed by atoms with Crippen molar-refractivity contribution in [1.29, 1.82) is 0 Å². The first-order chi connectivity index (χ1) is 10.6. The van der Waals surface area contributed by atoms with Crippen LogP contribution in [0.4, 0.5) is 0 Å². The van der Waals surface area contributed by atoms with Gasteiger partial charge < -0.3 is 9.47 Å². The standard InChI is InChI=1S/C16H22N4OS/c1-13(2)20(10-14-5-4-6-15(9-14)22-3)16(21)7-8-19-11-17-18-12-19/h4-6,9,11-13H,7-8,10H2,1-3H3. The highest BCUT2D eigenvalue weighted by Crippen LogP contribution is 2.18. The lowest BCUT2D eigenvalue weighted by Gasteiger charge is -2.27. The van der Waals surface area contributed by atoms with Crippen LogP contribution in [-0.4, -0.2) is 37.9 Å². The van der Waals surface area contributed by atoms with Crippen LogP contribution in [0.3, 0.4) is 0 Å². The first-order valence-corrected chi connectivity index (χ1v) is 8.57. The molecule has 0 aliphatic carbocycles. The van der Waals surface area contributed by atoms with E-state index in [2.05, 4.69) is 48.5 Å². The third-order valence-corrected chi connectivity index (χ3v) is 4.21. The summed E-state index contributed by atoms with van der Waals surface area (Å²) < 4.78 is 1.82. The maximum Gasteiger partial charge on any atom is 0.224 e. The van der Waals surface area contributed by atoms with E-state index in [-0.39, 0.29) is 11.9 Å². The molecule has 0 radical (unpaired) electrons. The van der Waals surface area contributed by atoms with Crippen molar-refractivity contribution in [3.05, 3.63) is 42.5 Å². The van der Waals surface area contributed by atoms with Gasteiger partial charge in [-0.05, 0) is 37.8 Å². The number of carbonyl (C=O) groups excluding carboxylic acids is 1. The van der Waals surface area contributed by atoms with Crippen molar-refractivity contribution in [1.82, 2.24) is 19.7 Å². The summed E-state index contributed by atoms with van der Waals surface area (Å²) in [6.45, 7) is 5.36. The Hall–Kier alpha value is -1.82. The molecule has 0 saturated heterocycles. The van der Waals surface area contributed by atoms with Crippen molar-refractivity contribution >= 4 is 17.7 Å². The quantitative estimate of drug-likeness (QED) is 0.737. The van der Waals surface area contributed by atoms with E-state index in [0.29, 0.717) is 19.5 Å². The summed E-state index contributed by atoms with van der Waals surface area (Å²) >= 11 is 1.71. The van der Waals surface area contributed by atoms with Gasteiger partial charge in [-0.3, -0.25) is 4.79 Å². The number of benzene rings is 1. The van der Waals surface area contributed by atoms with Crippen LogP contribution in [0.5, 0.6) is 0 Å². The molecule has 1 heterocycles. The van der Waals surface area contributed by atoms with Crippen LogP contribution in [0.1, 0.15) is 25.8 Å². The monoisotopic (exact) mass is 318 g/mol. The maximum atomic E-state index is 12.5. The topological polar surface area (TPSA) is 51.0 Å². The Morgan fingerprint density at radius 1 is 1.32 bits per heavy atom. The number of aryl methyl sites for hydroxylation is 1. The summed E-state index contributed by atoms with van der Waals surface area (Å²) in [4.78, 5) is 15.6. The predicted molar refractivity (Wildman–Crippen MR) is 88.5 cm³/mol. The van der Waals surface area contributed by atoms with Crippen molar-refractivity contribution in [3.63, 3.8) is 0 Å². The van der Waals surface area contributed by atoms with E-state index in [1.807, 2.05) is 15.5 Å². The van der Waals surface area contributed by atoms with Crippen LogP contribution >= 0.6 is 11.8 Å². The van der Waals surface area contributed by atoms with E-state index in [1.165, 1.54) is 4.90 Å². The number of carbonyl (C=O) groups is 1. The van der Waals surface area contributed by atoms with Gasteiger partial charge in [0.1, 0.15) is 12.7 Å². The minimum atomic E-state index is 0.151. The molecule has 0 saturated carbocycles. The van der Waals surface area contributed by atoms with Crippen LogP contribution in [-0.2, 0) is 17.9 Å². The third kappa shape index (κ3) is 4.59. The molecule has 0 aliphatic rings. The molecular formula is C16H22N4OS.